The number of benzene rings is 8. The summed E-state index contributed by atoms with van der Waals surface area (Å²) in [6.07, 6.45) is 3.26. The van der Waals surface area contributed by atoms with Crippen molar-refractivity contribution in [3.05, 3.63) is 204 Å². The number of furan rings is 1. The van der Waals surface area contributed by atoms with Crippen molar-refractivity contribution in [3.63, 3.8) is 0 Å². The quantitative estimate of drug-likeness (QED) is 0.179. The Morgan fingerprint density at radius 2 is 1.02 bits per heavy atom. The van der Waals surface area contributed by atoms with Crippen molar-refractivity contribution in [1.29, 1.82) is 0 Å². The Bertz CT molecular complexity index is 3140. The van der Waals surface area contributed by atoms with E-state index in [1.54, 1.807) is 0 Å². The molecule has 1 unspecified atom stereocenters. The molecule has 4 heteroatoms. The van der Waals surface area contributed by atoms with Crippen LogP contribution in [-0.4, -0.2) is 15.0 Å². The van der Waals surface area contributed by atoms with Crippen LogP contribution in [0.4, 0.5) is 0 Å². The maximum atomic E-state index is 6.66. The van der Waals surface area contributed by atoms with Crippen LogP contribution in [0, 0.1) is 0 Å². The van der Waals surface area contributed by atoms with Crippen molar-refractivity contribution in [2.45, 2.75) is 12.3 Å². The van der Waals surface area contributed by atoms with Gasteiger partial charge in [-0.2, -0.15) is 0 Å². The SMILES string of the molecule is C1=C(c2ccc(-c3nc(-c4ccccc4)nc(-c4ccc5ccccc5c4)n3)c3ccccc23)c2c(oc3ccccc23)CC1c1ccc2ccccc2c1. The molecule has 55 heavy (non-hydrogen) atoms. The first kappa shape index (κ1) is 31.4. The molecule has 0 aliphatic heterocycles. The Morgan fingerprint density at radius 1 is 0.436 bits per heavy atom. The first-order valence-electron chi connectivity index (χ1n) is 18.8. The second-order valence-corrected chi connectivity index (χ2v) is 14.3. The van der Waals surface area contributed by atoms with Crippen LogP contribution in [-0.2, 0) is 6.42 Å². The molecule has 10 aromatic rings. The van der Waals surface area contributed by atoms with Gasteiger partial charge in [0.1, 0.15) is 11.3 Å². The van der Waals surface area contributed by atoms with Gasteiger partial charge >= 0.3 is 0 Å². The van der Waals surface area contributed by atoms with Crippen molar-refractivity contribution >= 4 is 48.9 Å². The van der Waals surface area contributed by atoms with Gasteiger partial charge in [0.05, 0.1) is 0 Å². The van der Waals surface area contributed by atoms with E-state index in [4.69, 9.17) is 19.4 Å². The molecule has 0 saturated carbocycles. The van der Waals surface area contributed by atoms with Gasteiger partial charge in [0.25, 0.3) is 0 Å². The minimum atomic E-state index is 0.146. The Morgan fingerprint density at radius 3 is 1.80 bits per heavy atom. The smallest absolute Gasteiger partial charge is 0.164 e. The summed E-state index contributed by atoms with van der Waals surface area (Å²) in [4.78, 5) is 15.4. The lowest BCUT2D eigenvalue weighted by Gasteiger charge is -2.23. The second-order valence-electron chi connectivity index (χ2n) is 14.3. The van der Waals surface area contributed by atoms with Gasteiger partial charge in [0.2, 0.25) is 0 Å². The fraction of sp³-hybridized carbons (Fsp3) is 0.0392. The first-order chi connectivity index (χ1) is 27.2. The standard InChI is InChI=1S/C51H33N3O/c1-2-14-34(15-3-1)49-52-50(38-25-23-33-13-5-7-17-36(33)29-38)54-51(53-49)43-27-26-42(40-18-8-9-19-41(40)43)45-30-39(37-24-22-32-12-4-6-16-35(32)28-37)31-47-48(45)44-20-10-11-21-46(44)55-47/h1-30,39H,31H2. The van der Waals surface area contributed by atoms with Gasteiger partial charge in [-0.25, -0.2) is 15.0 Å². The lowest BCUT2D eigenvalue weighted by molar-refractivity contribution is 0.532. The van der Waals surface area contributed by atoms with Crippen molar-refractivity contribution in [2.75, 3.05) is 0 Å². The van der Waals surface area contributed by atoms with Gasteiger partial charge in [-0.15, -0.1) is 0 Å². The third kappa shape index (κ3) is 5.42. The molecule has 4 nitrogen and oxygen atoms in total. The van der Waals surface area contributed by atoms with Crippen LogP contribution in [0.25, 0.3) is 83.0 Å². The highest BCUT2D eigenvalue weighted by molar-refractivity contribution is 6.08. The Hall–Kier alpha value is -7.17. The van der Waals surface area contributed by atoms with Crippen molar-refractivity contribution in [2.24, 2.45) is 0 Å². The zero-order valence-corrected chi connectivity index (χ0v) is 29.9. The molecule has 1 aliphatic carbocycles. The summed E-state index contributed by atoms with van der Waals surface area (Å²) < 4.78 is 6.66. The second kappa shape index (κ2) is 12.8. The highest BCUT2D eigenvalue weighted by Crippen LogP contribution is 2.46. The fourth-order valence-electron chi connectivity index (χ4n) is 8.35. The van der Waals surface area contributed by atoms with Gasteiger partial charge < -0.3 is 4.42 Å². The van der Waals surface area contributed by atoms with Crippen LogP contribution >= 0.6 is 0 Å². The van der Waals surface area contributed by atoms with Gasteiger partial charge in [0.15, 0.2) is 17.5 Å². The van der Waals surface area contributed by atoms with E-state index in [2.05, 4.69) is 164 Å². The summed E-state index contributed by atoms with van der Waals surface area (Å²) in [6, 6.07) is 61.9. The molecule has 2 heterocycles. The summed E-state index contributed by atoms with van der Waals surface area (Å²) in [7, 11) is 0. The van der Waals surface area contributed by atoms with Crippen LogP contribution in [0.15, 0.2) is 186 Å². The third-order valence-corrected chi connectivity index (χ3v) is 11.0. The van der Waals surface area contributed by atoms with E-state index in [-0.39, 0.29) is 5.92 Å². The predicted octanol–water partition coefficient (Wildman–Crippen LogP) is 12.8. The topological polar surface area (TPSA) is 51.8 Å². The first-order valence-corrected chi connectivity index (χ1v) is 18.8. The normalized spacial score (nSPS) is 14.0. The highest BCUT2D eigenvalue weighted by Gasteiger charge is 2.29. The minimum absolute atomic E-state index is 0.146. The van der Waals surface area contributed by atoms with E-state index in [0.717, 1.165) is 61.6 Å². The van der Waals surface area contributed by atoms with E-state index in [1.807, 2.05) is 18.2 Å². The summed E-state index contributed by atoms with van der Waals surface area (Å²) >= 11 is 0. The summed E-state index contributed by atoms with van der Waals surface area (Å²) in [5.74, 6) is 3.10. The Kier molecular flexibility index (Phi) is 7.27. The zero-order chi connectivity index (χ0) is 36.3. The van der Waals surface area contributed by atoms with Gasteiger partial charge in [0, 0.05) is 40.0 Å². The molecule has 8 aromatic carbocycles. The van der Waals surface area contributed by atoms with Gasteiger partial charge in [-0.1, -0.05) is 164 Å². The van der Waals surface area contributed by atoms with Crippen LogP contribution in [0.1, 0.15) is 28.4 Å². The monoisotopic (exact) mass is 703 g/mol. The molecule has 0 saturated heterocycles. The number of allylic oxidation sites excluding steroid dienone is 1. The van der Waals surface area contributed by atoms with E-state index in [9.17, 15) is 0 Å². The summed E-state index contributed by atoms with van der Waals surface area (Å²) in [5.41, 5.74) is 8.57. The fourth-order valence-corrected chi connectivity index (χ4v) is 8.35. The number of hydrogen-bond donors (Lipinski definition) is 0. The molecule has 258 valence electrons. The van der Waals surface area contributed by atoms with Crippen LogP contribution < -0.4 is 0 Å². The molecular weight excluding hydrogens is 671 g/mol. The molecule has 0 bridgehead atoms. The van der Waals surface area contributed by atoms with E-state index >= 15 is 0 Å². The van der Waals surface area contributed by atoms with Crippen LogP contribution in [0.5, 0.6) is 0 Å². The van der Waals surface area contributed by atoms with Gasteiger partial charge in [-0.3, -0.25) is 0 Å². The average molecular weight is 704 g/mol. The van der Waals surface area contributed by atoms with E-state index in [0.29, 0.717) is 17.5 Å². The van der Waals surface area contributed by atoms with E-state index < -0.39 is 0 Å². The largest absolute Gasteiger partial charge is 0.460 e. The third-order valence-electron chi connectivity index (χ3n) is 11.0. The summed E-state index contributed by atoms with van der Waals surface area (Å²) in [5, 5.41) is 8.17. The van der Waals surface area contributed by atoms with Crippen LogP contribution in [0.2, 0.25) is 0 Å². The molecule has 1 aliphatic rings. The number of fused-ring (bicyclic) bond motifs is 6. The average Bonchev–Trinajstić information content (AvgIpc) is 3.64. The van der Waals surface area contributed by atoms with Gasteiger partial charge in [-0.05, 0) is 67.2 Å². The maximum Gasteiger partial charge on any atom is 0.164 e. The van der Waals surface area contributed by atoms with Crippen molar-refractivity contribution in [3.8, 4) is 34.2 Å². The highest BCUT2D eigenvalue weighted by atomic mass is 16.3. The molecule has 0 spiro atoms. The molecule has 0 amide bonds. The Balaban J connectivity index is 1.11. The van der Waals surface area contributed by atoms with E-state index in [1.165, 1.54) is 32.9 Å². The number of para-hydroxylation sites is 1. The molecule has 1 atom stereocenters. The molecular formula is C51H33N3O. The molecule has 0 fully saturated rings. The van der Waals surface area contributed by atoms with Crippen LogP contribution in [0.3, 0.4) is 0 Å². The lowest BCUT2D eigenvalue weighted by Crippen LogP contribution is -2.09. The minimum Gasteiger partial charge on any atom is -0.460 e. The number of hydrogen-bond acceptors (Lipinski definition) is 4. The molecule has 0 N–H and O–H groups in total. The number of rotatable bonds is 5. The van der Waals surface area contributed by atoms with Crippen molar-refractivity contribution in [1.82, 2.24) is 15.0 Å². The Labute approximate surface area is 318 Å². The number of nitrogens with zero attached hydrogens (tertiary/aromatic N) is 3. The predicted molar refractivity (Wildman–Crippen MR) is 225 cm³/mol. The van der Waals surface area contributed by atoms with Crippen molar-refractivity contribution < 1.29 is 4.42 Å². The lowest BCUT2D eigenvalue weighted by atomic mass is 9.80. The molecule has 11 rings (SSSR count). The molecule has 2 aromatic heterocycles. The zero-order valence-electron chi connectivity index (χ0n) is 29.9. The maximum absolute atomic E-state index is 6.66. The molecule has 0 radical (unpaired) electrons. The number of aromatic nitrogens is 3. The summed E-state index contributed by atoms with van der Waals surface area (Å²) in [6.45, 7) is 0.